The maximum atomic E-state index is 11.7. The van der Waals surface area contributed by atoms with Crippen molar-refractivity contribution < 1.29 is 19.2 Å². The lowest BCUT2D eigenvalue weighted by Crippen LogP contribution is -2.37. The van der Waals surface area contributed by atoms with E-state index >= 15 is 0 Å². The zero-order valence-electron chi connectivity index (χ0n) is 10.5. The molecule has 7 nitrogen and oxygen atoms in total. The van der Waals surface area contributed by atoms with Gasteiger partial charge in [0.25, 0.3) is 0 Å². The number of amides is 1. The lowest BCUT2D eigenvalue weighted by atomic mass is 10.3. The maximum Gasteiger partial charge on any atom is 0.317 e. The van der Waals surface area contributed by atoms with Crippen molar-refractivity contribution in [3.8, 4) is 0 Å². The molecule has 2 N–H and O–H groups in total. The van der Waals surface area contributed by atoms with Crippen LogP contribution in [0.2, 0.25) is 0 Å². The fourth-order valence-corrected chi connectivity index (χ4v) is 1.53. The number of hydrogen-bond donors (Lipinski definition) is 2. The van der Waals surface area contributed by atoms with Crippen LogP contribution in [0, 0.1) is 6.92 Å². The van der Waals surface area contributed by atoms with E-state index in [1.165, 1.54) is 0 Å². The summed E-state index contributed by atoms with van der Waals surface area (Å²) in [6.45, 7) is 4.06. The van der Waals surface area contributed by atoms with E-state index in [1.54, 1.807) is 17.9 Å². The van der Waals surface area contributed by atoms with Gasteiger partial charge >= 0.3 is 5.97 Å². The summed E-state index contributed by atoms with van der Waals surface area (Å²) in [6, 6.07) is 1.60. The van der Waals surface area contributed by atoms with Crippen LogP contribution in [-0.4, -0.2) is 46.7 Å². The van der Waals surface area contributed by atoms with Crippen LogP contribution in [-0.2, 0) is 9.59 Å². The third-order valence-corrected chi connectivity index (χ3v) is 2.16. The van der Waals surface area contributed by atoms with Gasteiger partial charge in [0.1, 0.15) is 5.76 Å². The Morgan fingerprint density at radius 3 is 2.72 bits per heavy atom. The summed E-state index contributed by atoms with van der Waals surface area (Å²) in [5.74, 6) is -0.322. The monoisotopic (exact) mass is 255 g/mol. The van der Waals surface area contributed by atoms with Crippen molar-refractivity contribution in [2.75, 3.05) is 25.0 Å². The Balaban J connectivity index is 2.47. The minimum absolute atomic E-state index is 0.0199. The molecule has 1 aromatic heterocycles. The minimum Gasteiger partial charge on any atom is -0.480 e. The molecule has 18 heavy (non-hydrogen) atoms. The molecule has 0 atom stereocenters. The molecular weight excluding hydrogens is 238 g/mol. The first-order valence-electron chi connectivity index (χ1n) is 5.68. The Morgan fingerprint density at radius 1 is 1.50 bits per heavy atom. The van der Waals surface area contributed by atoms with Gasteiger partial charge in [0, 0.05) is 6.07 Å². The standard InChI is InChI=1S/C11H17N3O4/c1-3-4-14(7-11(16)17)6-10(15)12-9-5-8(2)18-13-9/h5H,3-4,6-7H2,1-2H3,(H,16,17)(H,12,13,15). The minimum atomic E-state index is -0.950. The van der Waals surface area contributed by atoms with E-state index in [9.17, 15) is 9.59 Å². The molecule has 1 heterocycles. The number of carboxylic acid groups (broad SMARTS) is 1. The molecule has 0 aliphatic heterocycles. The number of aryl methyl sites for hydroxylation is 1. The van der Waals surface area contributed by atoms with Gasteiger partial charge in [-0.05, 0) is 19.9 Å². The highest BCUT2D eigenvalue weighted by atomic mass is 16.5. The van der Waals surface area contributed by atoms with Crippen LogP contribution in [0.4, 0.5) is 5.82 Å². The Labute approximate surface area is 105 Å². The zero-order chi connectivity index (χ0) is 13.5. The molecule has 1 aromatic rings. The van der Waals surface area contributed by atoms with Gasteiger partial charge in [-0.1, -0.05) is 12.1 Å². The fourth-order valence-electron chi connectivity index (χ4n) is 1.53. The molecule has 0 radical (unpaired) electrons. The van der Waals surface area contributed by atoms with Crippen molar-refractivity contribution >= 4 is 17.7 Å². The third kappa shape index (κ3) is 4.96. The molecule has 0 unspecified atom stereocenters. The van der Waals surface area contributed by atoms with Crippen LogP contribution in [0.5, 0.6) is 0 Å². The van der Waals surface area contributed by atoms with E-state index in [2.05, 4.69) is 10.5 Å². The first-order chi connectivity index (χ1) is 8.51. The van der Waals surface area contributed by atoms with Crippen LogP contribution in [0.1, 0.15) is 19.1 Å². The quantitative estimate of drug-likeness (QED) is 0.745. The number of nitrogens with one attached hydrogen (secondary N) is 1. The number of aliphatic carboxylic acids is 1. The first kappa shape index (κ1) is 14.2. The van der Waals surface area contributed by atoms with E-state index in [1.807, 2.05) is 6.92 Å². The van der Waals surface area contributed by atoms with Crippen molar-refractivity contribution in [3.05, 3.63) is 11.8 Å². The lowest BCUT2D eigenvalue weighted by Gasteiger charge is -2.18. The summed E-state index contributed by atoms with van der Waals surface area (Å²) in [5.41, 5.74) is 0. The molecule has 0 saturated carbocycles. The average molecular weight is 255 g/mol. The molecule has 1 rings (SSSR count). The number of hydrogen-bond acceptors (Lipinski definition) is 5. The number of anilines is 1. The van der Waals surface area contributed by atoms with Gasteiger partial charge in [0.15, 0.2) is 5.82 Å². The average Bonchev–Trinajstić information content (AvgIpc) is 2.62. The number of rotatable bonds is 7. The van der Waals surface area contributed by atoms with Crippen LogP contribution in [0.25, 0.3) is 0 Å². The van der Waals surface area contributed by atoms with Gasteiger partial charge in [-0.15, -0.1) is 0 Å². The predicted octanol–water partition coefficient (Wildman–Crippen LogP) is 0.718. The summed E-state index contributed by atoms with van der Waals surface area (Å²) in [4.78, 5) is 23.8. The Bertz CT molecular complexity index is 416. The number of carbonyl (C=O) groups is 2. The second-order valence-corrected chi connectivity index (χ2v) is 3.98. The van der Waals surface area contributed by atoms with Crippen molar-refractivity contribution in [2.24, 2.45) is 0 Å². The van der Waals surface area contributed by atoms with Crippen molar-refractivity contribution in [3.63, 3.8) is 0 Å². The molecule has 1 amide bonds. The van der Waals surface area contributed by atoms with Crippen LogP contribution >= 0.6 is 0 Å². The van der Waals surface area contributed by atoms with Crippen LogP contribution in [0.3, 0.4) is 0 Å². The van der Waals surface area contributed by atoms with Crippen LogP contribution in [0.15, 0.2) is 10.6 Å². The topological polar surface area (TPSA) is 95.7 Å². The SMILES string of the molecule is CCCN(CC(=O)O)CC(=O)Nc1cc(C)on1. The molecule has 0 aliphatic rings. The third-order valence-electron chi connectivity index (χ3n) is 2.16. The van der Waals surface area contributed by atoms with E-state index in [-0.39, 0.29) is 19.0 Å². The number of nitrogens with zero attached hydrogens (tertiary/aromatic N) is 2. The maximum absolute atomic E-state index is 11.7. The van der Waals surface area contributed by atoms with Gasteiger partial charge in [-0.2, -0.15) is 0 Å². The number of carbonyl (C=O) groups excluding carboxylic acids is 1. The van der Waals surface area contributed by atoms with Crippen molar-refractivity contribution in [1.29, 1.82) is 0 Å². The molecule has 7 heteroatoms. The molecule has 0 aromatic carbocycles. The van der Waals surface area contributed by atoms with E-state index in [0.29, 0.717) is 18.1 Å². The van der Waals surface area contributed by atoms with Gasteiger partial charge < -0.3 is 14.9 Å². The van der Waals surface area contributed by atoms with Gasteiger partial charge in [-0.3, -0.25) is 14.5 Å². The largest absolute Gasteiger partial charge is 0.480 e. The van der Waals surface area contributed by atoms with E-state index in [0.717, 1.165) is 6.42 Å². The second kappa shape index (κ2) is 6.75. The first-order valence-corrected chi connectivity index (χ1v) is 5.68. The van der Waals surface area contributed by atoms with Crippen molar-refractivity contribution in [2.45, 2.75) is 20.3 Å². The molecular formula is C11H17N3O4. The summed E-state index contributed by atoms with van der Waals surface area (Å²) in [5, 5.41) is 14.9. The molecule has 0 fully saturated rings. The van der Waals surface area contributed by atoms with Crippen molar-refractivity contribution in [1.82, 2.24) is 10.1 Å². The molecule has 0 saturated heterocycles. The summed E-state index contributed by atoms with van der Waals surface area (Å²) < 4.78 is 4.81. The summed E-state index contributed by atoms with van der Waals surface area (Å²) >= 11 is 0. The predicted molar refractivity (Wildman–Crippen MR) is 64.2 cm³/mol. The normalized spacial score (nSPS) is 10.6. The highest BCUT2D eigenvalue weighted by Crippen LogP contribution is 2.06. The van der Waals surface area contributed by atoms with Crippen LogP contribution < -0.4 is 5.32 Å². The zero-order valence-corrected chi connectivity index (χ0v) is 10.5. The second-order valence-electron chi connectivity index (χ2n) is 3.98. The molecule has 100 valence electrons. The Kier molecular flexibility index (Phi) is 5.31. The molecule has 0 spiro atoms. The highest BCUT2D eigenvalue weighted by molar-refractivity contribution is 5.91. The number of carboxylic acids is 1. The Hall–Kier alpha value is -1.89. The summed E-state index contributed by atoms with van der Waals surface area (Å²) in [6.07, 6.45) is 0.781. The number of aromatic nitrogens is 1. The smallest absolute Gasteiger partial charge is 0.317 e. The highest BCUT2D eigenvalue weighted by Gasteiger charge is 2.14. The Morgan fingerprint density at radius 2 is 2.22 bits per heavy atom. The van der Waals surface area contributed by atoms with E-state index < -0.39 is 5.97 Å². The van der Waals surface area contributed by atoms with Gasteiger partial charge in [0.2, 0.25) is 5.91 Å². The summed E-state index contributed by atoms with van der Waals surface area (Å²) in [7, 11) is 0. The van der Waals surface area contributed by atoms with Gasteiger partial charge in [0.05, 0.1) is 13.1 Å². The molecule has 0 aliphatic carbocycles. The fraction of sp³-hybridized carbons (Fsp3) is 0.545. The lowest BCUT2D eigenvalue weighted by molar-refractivity contribution is -0.138. The van der Waals surface area contributed by atoms with E-state index in [4.69, 9.17) is 9.63 Å². The molecule has 0 bridgehead atoms. The van der Waals surface area contributed by atoms with Gasteiger partial charge in [-0.25, -0.2) is 0 Å².